The molecule has 0 fully saturated rings. The fourth-order valence-electron chi connectivity index (χ4n) is 1.51. The maximum atomic E-state index is 9.30. The molecule has 0 radical (unpaired) electrons. The van der Waals surface area contributed by atoms with Crippen molar-refractivity contribution in [3.05, 3.63) is 43.2 Å². The standard InChI is InChI=1S/C11H5Cl5N2O/c12-6-5(7(13)9(15)10(16)8(6)14)11-4(2-19)1-17-3-18-11/h1,3,19H,2H2. The fourth-order valence-corrected chi connectivity index (χ4v) is 2.83. The van der Waals surface area contributed by atoms with Gasteiger partial charge in [-0.1, -0.05) is 58.0 Å². The Hall–Kier alpha value is -0.290. The van der Waals surface area contributed by atoms with Crippen LogP contribution < -0.4 is 0 Å². The molecule has 19 heavy (non-hydrogen) atoms. The number of aliphatic hydroxyl groups is 1. The van der Waals surface area contributed by atoms with E-state index in [1.54, 1.807) is 0 Å². The first-order valence-corrected chi connectivity index (χ1v) is 6.79. The van der Waals surface area contributed by atoms with Crippen LogP contribution in [0.25, 0.3) is 11.3 Å². The molecule has 1 aromatic heterocycles. The molecule has 0 aliphatic carbocycles. The van der Waals surface area contributed by atoms with Gasteiger partial charge in [0.15, 0.2) is 0 Å². The Balaban J connectivity index is 2.83. The van der Waals surface area contributed by atoms with Gasteiger partial charge in [0.2, 0.25) is 0 Å². The Morgan fingerprint density at radius 1 is 0.895 bits per heavy atom. The summed E-state index contributed by atoms with van der Waals surface area (Å²) in [7, 11) is 0. The van der Waals surface area contributed by atoms with E-state index in [-0.39, 0.29) is 31.7 Å². The van der Waals surface area contributed by atoms with Crippen molar-refractivity contribution in [2.24, 2.45) is 0 Å². The van der Waals surface area contributed by atoms with Crippen LogP contribution in [0.1, 0.15) is 5.56 Å². The lowest BCUT2D eigenvalue weighted by Gasteiger charge is -2.13. The Kier molecular flexibility index (Phi) is 4.77. The summed E-state index contributed by atoms with van der Waals surface area (Å²) >= 11 is 30.2. The third kappa shape index (κ3) is 2.64. The molecule has 0 aliphatic heterocycles. The minimum Gasteiger partial charge on any atom is -0.392 e. The molecule has 2 aromatic rings. The number of aliphatic hydroxyl groups excluding tert-OH is 1. The zero-order valence-electron chi connectivity index (χ0n) is 9.09. The molecule has 100 valence electrons. The predicted octanol–water partition coefficient (Wildman–Crippen LogP) is 4.90. The van der Waals surface area contributed by atoms with E-state index in [1.807, 2.05) is 0 Å². The zero-order chi connectivity index (χ0) is 14.2. The molecule has 0 aliphatic rings. The van der Waals surface area contributed by atoms with Gasteiger partial charge in [-0.15, -0.1) is 0 Å². The Bertz CT molecular complexity index is 618. The second-order valence-electron chi connectivity index (χ2n) is 3.50. The van der Waals surface area contributed by atoms with E-state index in [2.05, 4.69) is 9.97 Å². The average molecular weight is 358 g/mol. The van der Waals surface area contributed by atoms with Crippen LogP contribution in [0.3, 0.4) is 0 Å². The van der Waals surface area contributed by atoms with Crippen LogP contribution in [-0.2, 0) is 6.61 Å². The van der Waals surface area contributed by atoms with Gasteiger partial charge in [-0.05, 0) is 0 Å². The maximum absolute atomic E-state index is 9.30. The summed E-state index contributed by atoms with van der Waals surface area (Å²) in [6.45, 7) is -0.277. The topological polar surface area (TPSA) is 46.0 Å². The van der Waals surface area contributed by atoms with Crippen LogP contribution >= 0.6 is 58.0 Å². The molecule has 2 rings (SSSR count). The molecule has 8 heteroatoms. The number of nitrogens with zero attached hydrogens (tertiary/aromatic N) is 2. The minimum atomic E-state index is -0.277. The number of halogens is 5. The number of benzene rings is 1. The highest BCUT2D eigenvalue weighted by molar-refractivity contribution is 6.56. The lowest BCUT2D eigenvalue weighted by Crippen LogP contribution is -1.97. The number of hydrogen-bond donors (Lipinski definition) is 1. The summed E-state index contributed by atoms with van der Waals surface area (Å²) in [6, 6.07) is 0. The van der Waals surface area contributed by atoms with E-state index in [9.17, 15) is 5.11 Å². The van der Waals surface area contributed by atoms with E-state index < -0.39 is 0 Å². The first-order chi connectivity index (χ1) is 8.99. The van der Waals surface area contributed by atoms with Gasteiger partial charge in [0.25, 0.3) is 0 Å². The third-order valence-corrected chi connectivity index (χ3v) is 4.68. The molecule has 0 saturated carbocycles. The normalized spacial score (nSPS) is 10.8. The highest BCUT2D eigenvalue weighted by Gasteiger charge is 2.22. The van der Waals surface area contributed by atoms with Crippen LogP contribution in [0.2, 0.25) is 25.1 Å². The Morgan fingerprint density at radius 2 is 1.42 bits per heavy atom. The van der Waals surface area contributed by atoms with Crippen LogP contribution in [0.4, 0.5) is 0 Å². The van der Waals surface area contributed by atoms with Crippen LogP contribution in [0.5, 0.6) is 0 Å². The first-order valence-electron chi connectivity index (χ1n) is 4.90. The number of hydrogen-bond acceptors (Lipinski definition) is 3. The molecule has 1 N–H and O–H groups in total. The zero-order valence-corrected chi connectivity index (χ0v) is 12.9. The van der Waals surface area contributed by atoms with E-state index in [0.717, 1.165) is 0 Å². The van der Waals surface area contributed by atoms with Gasteiger partial charge in [0, 0.05) is 17.3 Å². The molecule has 3 nitrogen and oxygen atoms in total. The first kappa shape index (κ1) is 15.1. The highest BCUT2D eigenvalue weighted by atomic mass is 35.5. The van der Waals surface area contributed by atoms with Gasteiger partial charge < -0.3 is 5.11 Å². The van der Waals surface area contributed by atoms with E-state index in [1.165, 1.54) is 12.5 Å². The summed E-state index contributed by atoms with van der Waals surface area (Å²) in [4.78, 5) is 7.87. The van der Waals surface area contributed by atoms with E-state index in [0.29, 0.717) is 16.8 Å². The Labute approximate surface area is 134 Å². The van der Waals surface area contributed by atoms with Gasteiger partial charge in [-0.25, -0.2) is 9.97 Å². The summed E-state index contributed by atoms with van der Waals surface area (Å²) < 4.78 is 0. The summed E-state index contributed by atoms with van der Waals surface area (Å²) in [6.07, 6.45) is 2.75. The molecule has 0 spiro atoms. The van der Waals surface area contributed by atoms with E-state index >= 15 is 0 Å². The van der Waals surface area contributed by atoms with Crippen molar-refractivity contribution in [1.82, 2.24) is 9.97 Å². The Morgan fingerprint density at radius 3 is 1.95 bits per heavy atom. The van der Waals surface area contributed by atoms with E-state index in [4.69, 9.17) is 58.0 Å². The highest BCUT2D eigenvalue weighted by Crippen LogP contribution is 2.48. The van der Waals surface area contributed by atoms with Crippen molar-refractivity contribution in [3.63, 3.8) is 0 Å². The molecular weight excluding hydrogens is 353 g/mol. The van der Waals surface area contributed by atoms with Crippen molar-refractivity contribution < 1.29 is 5.11 Å². The van der Waals surface area contributed by atoms with Crippen LogP contribution in [-0.4, -0.2) is 15.1 Å². The molecule has 0 bridgehead atoms. The lowest BCUT2D eigenvalue weighted by atomic mass is 10.1. The predicted molar refractivity (Wildman–Crippen MR) is 78.4 cm³/mol. The van der Waals surface area contributed by atoms with Gasteiger partial charge in [-0.3, -0.25) is 0 Å². The average Bonchev–Trinajstić information content (AvgIpc) is 2.44. The molecular formula is C11H5Cl5N2O. The maximum Gasteiger partial charge on any atom is 0.116 e. The second-order valence-corrected chi connectivity index (χ2v) is 5.39. The van der Waals surface area contributed by atoms with Crippen molar-refractivity contribution >= 4 is 58.0 Å². The lowest BCUT2D eigenvalue weighted by molar-refractivity contribution is 0.281. The van der Waals surface area contributed by atoms with Gasteiger partial charge in [-0.2, -0.15) is 0 Å². The van der Waals surface area contributed by atoms with Gasteiger partial charge in [0.05, 0.1) is 37.4 Å². The van der Waals surface area contributed by atoms with Crippen molar-refractivity contribution in [2.75, 3.05) is 0 Å². The summed E-state index contributed by atoms with van der Waals surface area (Å²) in [5, 5.41) is 9.77. The third-order valence-electron chi connectivity index (χ3n) is 2.40. The van der Waals surface area contributed by atoms with Crippen LogP contribution in [0.15, 0.2) is 12.5 Å². The molecule has 0 amide bonds. The SMILES string of the molecule is OCc1cncnc1-c1c(Cl)c(Cl)c(Cl)c(Cl)c1Cl. The molecule has 0 atom stereocenters. The van der Waals surface area contributed by atoms with Crippen molar-refractivity contribution in [3.8, 4) is 11.3 Å². The number of aromatic nitrogens is 2. The van der Waals surface area contributed by atoms with Crippen molar-refractivity contribution in [1.29, 1.82) is 0 Å². The van der Waals surface area contributed by atoms with Gasteiger partial charge >= 0.3 is 0 Å². The quantitative estimate of drug-likeness (QED) is 0.613. The smallest absolute Gasteiger partial charge is 0.116 e. The minimum absolute atomic E-state index is 0.0710. The van der Waals surface area contributed by atoms with Crippen LogP contribution in [0, 0.1) is 0 Å². The number of rotatable bonds is 2. The molecule has 1 heterocycles. The van der Waals surface area contributed by atoms with Gasteiger partial charge in [0.1, 0.15) is 6.33 Å². The second kappa shape index (κ2) is 6.00. The molecule has 0 saturated heterocycles. The molecule has 1 aromatic carbocycles. The fraction of sp³-hybridized carbons (Fsp3) is 0.0909. The largest absolute Gasteiger partial charge is 0.392 e. The van der Waals surface area contributed by atoms with Crippen molar-refractivity contribution in [2.45, 2.75) is 6.61 Å². The summed E-state index contributed by atoms with van der Waals surface area (Å²) in [5.74, 6) is 0. The monoisotopic (exact) mass is 356 g/mol. The summed E-state index contributed by atoms with van der Waals surface area (Å²) in [5.41, 5.74) is 1.11. The molecule has 0 unspecified atom stereocenters.